The molecule has 1 aliphatic heterocycles. The van der Waals surface area contributed by atoms with Crippen LogP contribution in [0, 0.1) is 0 Å². The molecular formula is C20H25N3O. The maximum absolute atomic E-state index is 6.06. The lowest BCUT2D eigenvalue weighted by atomic mass is 10.1. The average Bonchev–Trinajstić information content (AvgIpc) is 3.43. The van der Waals surface area contributed by atoms with Crippen LogP contribution in [0.4, 0.5) is 0 Å². The quantitative estimate of drug-likeness (QED) is 0.817. The van der Waals surface area contributed by atoms with Crippen molar-refractivity contribution in [2.75, 3.05) is 26.2 Å². The van der Waals surface area contributed by atoms with E-state index >= 15 is 0 Å². The lowest BCUT2D eigenvalue weighted by Crippen LogP contribution is -2.45. The number of para-hydroxylation sites is 1. The normalized spacial score (nSPS) is 19.3. The Hall–Kier alpha value is -1.91. The van der Waals surface area contributed by atoms with Crippen molar-refractivity contribution in [1.82, 2.24) is 14.8 Å². The highest BCUT2D eigenvalue weighted by Gasteiger charge is 2.25. The Kier molecular flexibility index (Phi) is 4.76. The van der Waals surface area contributed by atoms with Gasteiger partial charge in [0, 0.05) is 57.2 Å². The van der Waals surface area contributed by atoms with Crippen LogP contribution in [0.25, 0.3) is 0 Å². The Morgan fingerprint density at radius 2 is 1.54 bits per heavy atom. The first-order valence-corrected chi connectivity index (χ1v) is 8.95. The van der Waals surface area contributed by atoms with E-state index < -0.39 is 0 Å². The Balaban J connectivity index is 1.30. The molecule has 4 nitrogen and oxygen atoms in total. The van der Waals surface area contributed by atoms with Crippen molar-refractivity contribution in [2.24, 2.45) is 0 Å². The van der Waals surface area contributed by atoms with E-state index in [4.69, 9.17) is 4.74 Å². The first kappa shape index (κ1) is 15.6. The summed E-state index contributed by atoms with van der Waals surface area (Å²) in [6.07, 6.45) is 6.64. The van der Waals surface area contributed by atoms with Crippen molar-refractivity contribution in [3.05, 3.63) is 59.9 Å². The maximum atomic E-state index is 6.06. The van der Waals surface area contributed by atoms with E-state index in [9.17, 15) is 0 Å². The van der Waals surface area contributed by atoms with Gasteiger partial charge in [-0.2, -0.15) is 0 Å². The van der Waals surface area contributed by atoms with Crippen molar-refractivity contribution in [3.8, 4) is 5.75 Å². The molecule has 0 bridgehead atoms. The molecule has 126 valence electrons. The Bertz CT molecular complexity index is 649. The minimum absolute atomic E-state index is 0.461. The fraction of sp³-hybridized carbons (Fsp3) is 0.450. The predicted molar refractivity (Wildman–Crippen MR) is 94.9 cm³/mol. The second-order valence-corrected chi connectivity index (χ2v) is 6.83. The largest absolute Gasteiger partial charge is 0.490 e. The smallest absolute Gasteiger partial charge is 0.124 e. The molecule has 0 spiro atoms. The first-order valence-electron chi connectivity index (χ1n) is 8.95. The van der Waals surface area contributed by atoms with Gasteiger partial charge in [-0.1, -0.05) is 18.2 Å². The van der Waals surface area contributed by atoms with Gasteiger partial charge in [0.2, 0.25) is 0 Å². The van der Waals surface area contributed by atoms with Crippen LogP contribution in [0.1, 0.15) is 24.0 Å². The van der Waals surface area contributed by atoms with Crippen LogP contribution in [-0.2, 0) is 13.1 Å². The van der Waals surface area contributed by atoms with Crippen molar-refractivity contribution in [1.29, 1.82) is 0 Å². The number of aromatic nitrogens is 1. The van der Waals surface area contributed by atoms with Gasteiger partial charge in [-0.05, 0) is 36.6 Å². The third kappa shape index (κ3) is 4.13. The van der Waals surface area contributed by atoms with Crippen molar-refractivity contribution < 1.29 is 4.74 Å². The zero-order chi connectivity index (χ0) is 16.2. The van der Waals surface area contributed by atoms with Crippen molar-refractivity contribution >= 4 is 0 Å². The van der Waals surface area contributed by atoms with E-state index in [0.717, 1.165) is 45.0 Å². The Morgan fingerprint density at radius 1 is 0.875 bits per heavy atom. The molecule has 0 unspecified atom stereocenters. The topological polar surface area (TPSA) is 28.6 Å². The second-order valence-electron chi connectivity index (χ2n) is 6.83. The molecule has 1 aromatic carbocycles. The average molecular weight is 323 g/mol. The summed E-state index contributed by atoms with van der Waals surface area (Å²) >= 11 is 0. The highest BCUT2D eigenvalue weighted by atomic mass is 16.5. The van der Waals surface area contributed by atoms with E-state index in [1.54, 1.807) is 0 Å². The van der Waals surface area contributed by atoms with Crippen molar-refractivity contribution in [3.63, 3.8) is 0 Å². The Labute approximate surface area is 144 Å². The summed E-state index contributed by atoms with van der Waals surface area (Å²) in [6.45, 7) is 6.48. The fourth-order valence-electron chi connectivity index (χ4n) is 3.21. The van der Waals surface area contributed by atoms with Gasteiger partial charge in [0.15, 0.2) is 0 Å². The maximum Gasteiger partial charge on any atom is 0.124 e. The number of hydrogen-bond donors (Lipinski definition) is 0. The van der Waals surface area contributed by atoms with Gasteiger partial charge >= 0.3 is 0 Å². The summed E-state index contributed by atoms with van der Waals surface area (Å²) in [5.41, 5.74) is 2.67. The number of pyridine rings is 1. The number of hydrogen-bond acceptors (Lipinski definition) is 4. The van der Waals surface area contributed by atoms with E-state index in [1.165, 1.54) is 24.0 Å². The second kappa shape index (κ2) is 7.32. The third-order valence-electron chi connectivity index (χ3n) is 4.81. The van der Waals surface area contributed by atoms with Crippen LogP contribution in [0.5, 0.6) is 5.75 Å². The summed E-state index contributed by atoms with van der Waals surface area (Å²) in [7, 11) is 0. The molecular weight excluding hydrogens is 298 g/mol. The first-order chi connectivity index (χ1) is 11.9. The molecule has 2 heterocycles. The van der Waals surface area contributed by atoms with Gasteiger partial charge in [0.1, 0.15) is 5.75 Å². The van der Waals surface area contributed by atoms with E-state index in [-0.39, 0.29) is 0 Å². The highest BCUT2D eigenvalue weighted by Crippen LogP contribution is 2.29. The molecule has 1 saturated carbocycles. The molecule has 4 rings (SSSR count). The summed E-state index contributed by atoms with van der Waals surface area (Å²) in [5, 5.41) is 0. The van der Waals surface area contributed by atoms with Gasteiger partial charge in [-0.25, -0.2) is 0 Å². The highest BCUT2D eigenvalue weighted by molar-refractivity contribution is 5.33. The summed E-state index contributed by atoms with van der Waals surface area (Å²) in [4.78, 5) is 9.16. The minimum Gasteiger partial charge on any atom is -0.490 e. The van der Waals surface area contributed by atoms with Gasteiger partial charge in [0.05, 0.1) is 6.10 Å². The molecule has 1 aliphatic carbocycles. The summed E-state index contributed by atoms with van der Waals surface area (Å²) in [6, 6.07) is 12.7. The molecule has 0 radical (unpaired) electrons. The van der Waals surface area contributed by atoms with E-state index in [1.807, 2.05) is 12.4 Å². The van der Waals surface area contributed by atoms with Crippen LogP contribution < -0.4 is 4.74 Å². The standard InChI is InChI=1S/C20H25N3O/c1-2-4-20(24-19-5-6-19)18(3-1)16-23-13-11-22(12-14-23)15-17-7-9-21-10-8-17/h1-4,7-10,19H,5-6,11-16H2. The van der Waals surface area contributed by atoms with Crippen molar-refractivity contribution in [2.45, 2.75) is 32.0 Å². The fourth-order valence-corrected chi connectivity index (χ4v) is 3.21. The van der Waals surface area contributed by atoms with Crippen LogP contribution in [-0.4, -0.2) is 47.1 Å². The molecule has 0 N–H and O–H groups in total. The number of nitrogens with zero attached hydrogens (tertiary/aromatic N) is 3. The van der Waals surface area contributed by atoms with E-state index in [0.29, 0.717) is 6.10 Å². The summed E-state index contributed by atoms with van der Waals surface area (Å²) < 4.78 is 6.06. The molecule has 0 atom stereocenters. The molecule has 1 aromatic heterocycles. The predicted octanol–water partition coefficient (Wildman–Crippen LogP) is 2.94. The molecule has 1 saturated heterocycles. The zero-order valence-corrected chi connectivity index (χ0v) is 14.1. The molecule has 2 fully saturated rings. The van der Waals surface area contributed by atoms with Crippen LogP contribution in [0.3, 0.4) is 0 Å². The van der Waals surface area contributed by atoms with Gasteiger partial charge in [-0.3, -0.25) is 14.8 Å². The lowest BCUT2D eigenvalue weighted by molar-refractivity contribution is 0.121. The number of ether oxygens (including phenoxy) is 1. The molecule has 24 heavy (non-hydrogen) atoms. The van der Waals surface area contributed by atoms with Gasteiger partial charge in [-0.15, -0.1) is 0 Å². The van der Waals surface area contributed by atoms with E-state index in [2.05, 4.69) is 51.2 Å². The SMILES string of the molecule is c1ccc(OC2CC2)c(CN2CCN(Cc3ccncc3)CC2)c1. The molecule has 2 aliphatic rings. The molecule has 0 amide bonds. The molecule has 2 aromatic rings. The molecule has 4 heteroatoms. The summed E-state index contributed by atoms with van der Waals surface area (Å²) in [5.74, 6) is 1.08. The third-order valence-corrected chi connectivity index (χ3v) is 4.81. The number of benzene rings is 1. The van der Waals surface area contributed by atoms with Gasteiger partial charge in [0.25, 0.3) is 0 Å². The number of piperazine rings is 1. The minimum atomic E-state index is 0.461. The van der Waals surface area contributed by atoms with Crippen LogP contribution >= 0.6 is 0 Å². The van der Waals surface area contributed by atoms with Gasteiger partial charge < -0.3 is 4.74 Å². The van der Waals surface area contributed by atoms with Crippen LogP contribution in [0.2, 0.25) is 0 Å². The monoisotopic (exact) mass is 323 g/mol. The number of rotatable bonds is 6. The van der Waals surface area contributed by atoms with Crippen LogP contribution in [0.15, 0.2) is 48.8 Å². The lowest BCUT2D eigenvalue weighted by Gasteiger charge is -2.35. The zero-order valence-electron chi connectivity index (χ0n) is 14.1. The Morgan fingerprint density at radius 3 is 2.25 bits per heavy atom.